The number of amides is 1. The molecule has 1 aromatic rings. The SMILES string of the molecule is C=C(/C=C\CCC(=N)N(/C=C(/CNC(=O)CC)NC)COCC[Si](C)(C)C)c1cc(F)c(O)cc1CC. The molecule has 37 heavy (non-hydrogen) atoms. The summed E-state index contributed by atoms with van der Waals surface area (Å²) in [6, 6.07) is 3.78. The van der Waals surface area contributed by atoms with Crippen molar-refractivity contribution in [1.82, 2.24) is 15.5 Å². The lowest BCUT2D eigenvalue weighted by Crippen LogP contribution is -2.33. The zero-order chi connectivity index (χ0) is 28.0. The number of hydrogen-bond donors (Lipinski definition) is 4. The second-order valence-corrected chi connectivity index (χ2v) is 15.7. The van der Waals surface area contributed by atoms with Gasteiger partial charge in [0, 0.05) is 46.5 Å². The Balaban J connectivity index is 2.86. The number of benzene rings is 1. The molecule has 4 N–H and O–H groups in total. The summed E-state index contributed by atoms with van der Waals surface area (Å²) in [6.07, 6.45) is 7.64. The molecule has 0 aliphatic carbocycles. The maximum Gasteiger partial charge on any atom is 0.220 e. The summed E-state index contributed by atoms with van der Waals surface area (Å²) in [5.41, 5.74) is 2.91. The third kappa shape index (κ3) is 12.3. The van der Waals surface area contributed by atoms with Gasteiger partial charge in [-0.15, -0.1) is 0 Å². The number of allylic oxidation sites excluding steroid dienone is 3. The van der Waals surface area contributed by atoms with E-state index in [0.717, 1.165) is 17.3 Å². The minimum atomic E-state index is -1.23. The Labute approximate surface area is 223 Å². The minimum Gasteiger partial charge on any atom is -0.505 e. The van der Waals surface area contributed by atoms with Crippen molar-refractivity contribution in [2.24, 2.45) is 0 Å². The number of nitrogens with one attached hydrogen (secondary N) is 3. The van der Waals surface area contributed by atoms with E-state index in [2.05, 4.69) is 36.9 Å². The second kappa shape index (κ2) is 16.0. The van der Waals surface area contributed by atoms with Gasteiger partial charge in [-0.3, -0.25) is 10.2 Å². The first-order chi connectivity index (χ1) is 17.4. The van der Waals surface area contributed by atoms with Gasteiger partial charge < -0.3 is 25.4 Å². The van der Waals surface area contributed by atoms with Crippen LogP contribution in [0.4, 0.5) is 4.39 Å². The van der Waals surface area contributed by atoms with Crippen molar-refractivity contribution < 1.29 is 19.0 Å². The van der Waals surface area contributed by atoms with Gasteiger partial charge in [0.25, 0.3) is 0 Å². The van der Waals surface area contributed by atoms with Crippen LogP contribution in [0.3, 0.4) is 0 Å². The Hall–Kier alpha value is -2.91. The third-order valence-electron chi connectivity index (χ3n) is 5.77. The lowest BCUT2D eigenvalue weighted by atomic mass is 9.98. The maximum atomic E-state index is 13.9. The first kappa shape index (κ1) is 32.1. The van der Waals surface area contributed by atoms with Gasteiger partial charge in [0.1, 0.15) is 12.6 Å². The van der Waals surface area contributed by atoms with Crippen molar-refractivity contribution in [1.29, 1.82) is 5.41 Å². The molecule has 0 heterocycles. The maximum absolute atomic E-state index is 13.9. The number of hydrogen-bond acceptors (Lipinski definition) is 5. The fourth-order valence-electron chi connectivity index (χ4n) is 3.32. The Morgan fingerprint density at radius 2 is 2.00 bits per heavy atom. The van der Waals surface area contributed by atoms with E-state index >= 15 is 0 Å². The minimum absolute atomic E-state index is 0.0423. The molecule has 1 amide bonds. The molecule has 0 saturated carbocycles. The highest BCUT2D eigenvalue weighted by atomic mass is 28.3. The van der Waals surface area contributed by atoms with E-state index < -0.39 is 13.9 Å². The summed E-state index contributed by atoms with van der Waals surface area (Å²) in [6.45, 7) is 15.9. The summed E-state index contributed by atoms with van der Waals surface area (Å²) >= 11 is 0. The van der Waals surface area contributed by atoms with Gasteiger partial charge in [-0.25, -0.2) is 4.39 Å². The van der Waals surface area contributed by atoms with Gasteiger partial charge in [-0.05, 0) is 47.7 Å². The van der Waals surface area contributed by atoms with Crippen LogP contribution in [0.2, 0.25) is 25.7 Å². The number of halogens is 1. The topological polar surface area (TPSA) is 97.7 Å². The quantitative estimate of drug-likeness (QED) is 0.0553. The summed E-state index contributed by atoms with van der Waals surface area (Å²) < 4.78 is 19.8. The molecule has 0 fully saturated rings. The molecule has 0 atom stereocenters. The lowest BCUT2D eigenvalue weighted by molar-refractivity contribution is -0.120. The zero-order valence-corrected chi connectivity index (χ0v) is 24.3. The average Bonchev–Trinajstić information content (AvgIpc) is 2.85. The molecule has 206 valence electrons. The predicted molar refractivity (Wildman–Crippen MR) is 154 cm³/mol. The first-order valence-corrected chi connectivity index (χ1v) is 16.6. The molecule has 1 aromatic carbocycles. The van der Waals surface area contributed by atoms with Crippen LogP contribution in [0.5, 0.6) is 5.75 Å². The van der Waals surface area contributed by atoms with Crippen LogP contribution in [0.25, 0.3) is 5.57 Å². The number of rotatable bonds is 16. The van der Waals surface area contributed by atoms with E-state index in [4.69, 9.17) is 10.1 Å². The third-order valence-corrected chi connectivity index (χ3v) is 7.47. The summed E-state index contributed by atoms with van der Waals surface area (Å²) in [5.74, 6) is -0.696. The molecule has 7 nitrogen and oxygen atoms in total. The monoisotopic (exact) mass is 532 g/mol. The number of likely N-dealkylation sites (N-methyl/N-ethyl adjacent to an activating group) is 1. The first-order valence-electron chi connectivity index (χ1n) is 12.9. The summed E-state index contributed by atoms with van der Waals surface area (Å²) in [4.78, 5) is 13.4. The van der Waals surface area contributed by atoms with Gasteiger partial charge in [0.15, 0.2) is 11.6 Å². The largest absolute Gasteiger partial charge is 0.505 e. The fourth-order valence-corrected chi connectivity index (χ4v) is 4.07. The standard InChI is InChI=1S/C28H45FN4O3Si/c1-8-22-16-26(34)25(29)17-24(22)21(3)12-10-11-13-27(30)33(20-36-14-15-37(5,6)7)19-23(31-4)18-32-28(35)9-2/h10,12,16-17,19,30-31,34H,3,8-9,11,13-15,18,20H2,1-2,4-7H3,(H,32,35)/b12-10-,23-19-,30-27?. The molecule has 0 saturated heterocycles. The van der Waals surface area contributed by atoms with Gasteiger partial charge >= 0.3 is 0 Å². The van der Waals surface area contributed by atoms with Crippen molar-refractivity contribution >= 4 is 25.4 Å². The molecule has 0 spiro atoms. The number of carbonyl (C=O) groups is 1. The van der Waals surface area contributed by atoms with Crippen LogP contribution in [0.15, 0.2) is 42.8 Å². The molecule has 0 unspecified atom stereocenters. The van der Waals surface area contributed by atoms with Crippen molar-refractivity contribution in [3.8, 4) is 5.75 Å². The number of phenols is 1. The molecule has 0 bridgehead atoms. The van der Waals surface area contributed by atoms with Crippen LogP contribution in [0.1, 0.15) is 44.2 Å². The van der Waals surface area contributed by atoms with Crippen LogP contribution in [-0.2, 0) is 16.0 Å². The van der Waals surface area contributed by atoms with E-state index in [1.807, 2.05) is 25.3 Å². The normalized spacial score (nSPS) is 12.0. The van der Waals surface area contributed by atoms with Crippen LogP contribution in [-0.4, -0.2) is 56.8 Å². The molecule has 1 rings (SSSR count). The van der Waals surface area contributed by atoms with E-state index in [1.54, 1.807) is 18.9 Å². The number of aromatic hydroxyl groups is 1. The number of aryl methyl sites for hydroxylation is 1. The predicted octanol–water partition coefficient (Wildman–Crippen LogP) is 5.62. The van der Waals surface area contributed by atoms with Gasteiger partial charge in [0.2, 0.25) is 5.91 Å². The van der Waals surface area contributed by atoms with Gasteiger partial charge in [0.05, 0.1) is 6.54 Å². The molecule has 0 aliphatic heterocycles. The molecule has 9 heteroatoms. The van der Waals surface area contributed by atoms with E-state index in [-0.39, 0.29) is 18.4 Å². The van der Waals surface area contributed by atoms with E-state index in [1.165, 1.54) is 12.1 Å². The van der Waals surface area contributed by atoms with Crippen LogP contribution < -0.4 is 10.6 Å². The van der Waals surface area contributed by atoms with Crippen molar-refractivity contribution in [2.45, 2.75) is 65.2 Å². The molecular formula is C28H45FN4O3Si. The van der Waals surface area contributed by atoms with Crippen molar-refractivity contribution in [3.05, 3.63) is 59.7 Å². The number of nitrogens with zero attached hydrogens (tertiary/aromatic N) is 1. The second-order valence-electron chi connectivity index (χ2n) is 10.1. The highest BCUT2D eigenvalue weighted by molar-refractivity contribution is 6.76. The molecular weight excluding hydrogens is 487 g/mol. The Bertz CT molecular complexity index is 986. The Morgan fingerprint density at radius 1 is 1.30 bits per heavy atom. The summed E-state index contributed by atoms with van der Waals surface area (Å²) in [5, 5.41) is 24.2. The molecule has 0 aromatic heterocycles. The van der Waals surface area contributed by atoms with E-state index in [9.17, 15) is 14.3 Å². The number of amidine groups is 1. The van der Waals surface area contributed by atoms with Crippen LogP contribution in [0, 0.1) is 11.2 Å². The van der Waals surface area contributed by atoms with Crippen molar-refractivity contribution in [3.63, 3.8) is 0 Å². The lowest BCUT2D eigenvalue weighted by Gasteiger charge is -2.24. The fraction of sp³-hybridized carbons (Fsp3) is 0.500. The summed E-state index contributed by atoms with van der Waals surface area (Å²) in [7, 11) is 0.550. The van der Waals surface area contributed by atoms with Gasteiger partial charge in [-0.1, -0.05) is 52.2 Å². The van der Waals surface area contributed by atoms with Crippen LogP contribution >= 0.6 is 0 Å². The van der Waals surface area contributed by atoms with Crippen molar-refractivity contribution in [2.75, 3.05) is 26.9 Å². The average molecular weight is 533 g/mol. The van der Waals surface area contributed by atoms with E-state index in [0.29, 0.717) is 55.8 Å². The Kier molecular flexibility index (Phi) is 13.9. The zero-order valence-electron chi connectivity index (χ0n) is 23.3. The number of ether oxygens (including phenoxy) is 1. The molecule has 0 aliphatic rings. The highest BCUT2D eigenvalue weighted by Crippen LogP contribution is 2.27. The number of carbonyl (C=O) groups excluding carboxylic acids is 1. The smallest absolute Gasteiger partial charge is 0.220 e. The highest BCUT2D eigenvalue weighted by Gasteiger charge is 2.14. The molecule has 0 radical (unpaired) electrons. The number of phenolic OH excluding ortho intramolecular Hbond substituents is 1. The van der Waals surface area contributed by atoms with Gasteiger partial charge in [-0.2, -0.15) is 0 Å². The Morgan fingerprint density at radius 3 is 2.59 bits per heavy atom.